The molecule has 0 saturated heterocycles. The van der Waals surface area contributed by atoms with E-state index in [1.807, 2.05) is 0 Å². The quantitative estimate of drug-likeness (QED) is 0.605. The molecule has 15 heavy (non-hydrogen) atoms. The van der Waals surface area contributed by atoms with Gasteiger partial charge >= 0.3 is 0 Å². The topological polar surface area (TPSA) is 12.0 Å². The summed E-state index contributed by atoms with van der Waals surface area (Å²) in [6.45, 7) is 6.95. The van der Waals surface area contributed by atoms with Crippen LogP contribution in [-0.2, 0) is 0 Å². The van der Waals surface area contributed by atoms with E-state index in [2.05, 4.69) is 26.1 Å². The van der Waals surface area contributed by atoms with E-state index >= 15 is 0 Å². The van der Waals surface area contributed by atoms with Crippen molar-refractivity contribution in [3.05, 3.63) is 0 Å². The highest BCUT2D eigenvalue weighted by Gasteiger charge is 2.24. The van der Waals surface area contributed by atoms with Gasteiger partial charge < -0.3 is 5.32 Å². The van der Waals surface area contributed by atoms with Gasteiger partial charge in [0.15, 0.2) is 0 Å². The third-order valence-electron chi connectivity index (χ3n) is 3.45. The van der Waals surface area contributed by atoms with Crippen LogP contribution in [0.2, 0.25) is 0 Å². The molecule has 0 bridgehead atoms. The Morgan fingerprint density at radius 3 is 2.40 bits per heavy atom. The Balaban J connectivity index is 2.14. The van der Waals surface area contributed by atoms with E-state index in [0.29, 0.717) is 0 Å². The van der Waals surface area contributed by atoms with E-state index in [9.17, 15) is 0 Å². The van der Waals surface area contributed by atoms with Gasteiger partial charge in [-0.15, -0.1) is 0 Å². The van der Waals surface area contributed by atoms with Crippen LogP contribution in [0.3, 0.4) is 0 Å². The monoisotopic (exact) mass is 211 g/mol. The van der Waals surface area contributed by atoms with Gasteiger partial charge in [-0.1, -0.05) is 46.0 Å². The zero-order chi connectivity index (χ0) is 11.1. The van der Waals surface area contributed by atoms with Gasteiger partial charge in [0.2, 0.25) is 0 Å². The van der Waals surface area contributed by atoms with Gasteiger partial charge in [-0.2, -0.15) is 0 Å². The van der Waals surface area contributed by atoms with Crippen LogP contribution in [0.25, 0.3) is 0 Å². The van der Waals surface area contributed by atoms with Crippen molar-refractivity contribution in [3.63, 3.8) is 0 Å². The molecule has 0 aromatic rings. The smallest absolute Gasteiger partial charge is 0.00694 e. The molecule has 0 aliphatic heterocycles. The molecule has 0 amide bonds. The van der Waals surface area contributed by atoms with E-state index in [0.717, 1.165) is 18.0 Å². The molecule has 1 nitrogen and oxygen atoms in total. The zero-order valence-electron chi connectivity index (χ0n) is 10.9. The van der Waals surface area contributed by atoms with Gasteiger partial charge in [-0.25, -0.2) is 0 Å². The summed E-state index contributed by atoms with van der Waals surface area (Å²) < 4.78 is 0. The predicted octanol–water partition coefficient (Wildman–Crippen LogP) is 4.12. The Labute approximate surface area is 96.0 Å². The highest BCUT2D eigenvalue weighted by Crippen LogP contribution is 2.33. The fourth-order valence-corrected chi connectivity index (χ4v) is 2.43. The van der Waals surface area contributed by atoms with Crippen LogP contribution >= 0.6 is 0 Å². The molecule has 1 aliphatic rings. The molecule has 2 atom stereocenters. The van der Waals surface area contributed by atoms with Crippen LogP contribution in [0, 0.1) is 5.92 Å². The molecule has 0 aromatic carbocycles. The normalized spacial score (nSPS) is 20.2. The van der Waals surface area contributed by atoms with Crippen LogP contribution in [0.5, 0.6) is 0 Å². The summed E-state index contributed by atoms with van der Waals surface area (Å²) in [5, 5.41) is 3.82. The lowest BCUT2D eigenvalue weighted by molar-refractivity contribution is 0.371. The minimum Gasteiger partial charge on any atom is -0.311 e. The minimum atomic E-state index is 0.742. The fraction of sp³-hybridized carbons (Fsp3) is 1.00. The molecular weight excluding hydrogens is 182 g/mol. The fourth-order valence-electron chi connectivity index (χ4n) is 2.43. The average Bonchev–Trinajstić information content (AvgIpc) is 2.98. The molecule has 0 aromatic heterocycles. The Hall–Kier alpha value is -0.0400. The van der Waals surface area contributed by atoms with E-state index in [1.54, 1.807) is 0 Å². The number of rotatable bonds is 9. The standard InChI is InChI=1S/C14H29N/c1-4-6-8-14(7-5-2)15-12(3)11-13-9-10-13/h12-15H,4-11H2,1-3H3. The van der Waals surface area contributed by atoms with Crippen molar-refractivity contribution < 1.29 is 0 Å². The van der Waals surface area contributed by atoms with Gasteiger partial charge in [0.05, 0.1) is 0 Å². The number of nitrogens with one attached hydrogen (secondary N) is 1. The first kappa shape index (κ1) is 13.0. The van der Waals surface area contributed by atoms with Crippen LogP contribution in [-0.4, -0.2) is 12.1 Å². The van der Waals surface area contributed by atoms with Gasteiger partial charge in [-0.05, 0) is 32.1 Å². The lowest BCUT2D eigenvalue weighted by Gasteiger charge is -2.23. The lowest BCUT2D eigenvalue weighted by atomic mass is 10.0. The first-order chi connectivity index (χ1) is 7.26. The van der Waals surface area contributed by atoms with Crippen molar-refractivity contribution in [2.24, 2.45) is 5.92 Å². The summed E-state index contributed by atoms with van der Waals surface area (Å²) in [5.41, 5.74) is 0. The molecule has 1 heteroatoms. The predicted molar refractivity (Wildman–Crippen MR) is 68.2 cm³/mol. The van der Waals surface area contributed by atoms with Crippen molar-refractivity contribution >= 4 is 0 Å². The second-order valence-electron chi connectivity index (χ2n) is 5.37. The number of unbranched alkanes of at least 4 members (excludes halogenated alkanes) is 1. The number of hydrogen-bond donors (Lipinski definition) is 1. The van der Waals surface area contributed by atoms with Crippen molar-refractivity contribution in [1.29, 1.82) is 0 Å². The molecule has 1 aliphatic carbocycles. The van der Waals surface area contributed by atoms with Crippen molar-refractivity contribution in [2.75, 3.05) is 0 Å². The Morgan fingerprint density at radius 2 is 1.87 bits per heavy atom. The van der Waals surface area contributed by atoms with E-state index in [1.165, 1.54) is 51.4 Å². The maximum Gasteiger partial charge on any atom is 0.00694 e. The second kappa shape index (κ2) is 7.27. The first-order valence-electron chi connectivity index (χ1n) is 7.02. The van der Waals surface area contributed by atoms with Crippen molar-refractivity contribution in [2.45, 2.75) is 84.2 Å². The van der Waals surface area contributed by atoms with E-state index < -0.39 is 0 Å². The molecule has 1 saturated carbocycles. The van der Waals surface area contributed by atoms with Crippen molar-refractivity contribution in [1.82, 2.24) is 5.32 Å². The van der Waals surface area contributed by atoms with E-state index in [4.69, 9.17) is 0 Å². The van der Waals surface area contributed by atoms with Gasteiger partial charge in [0.1, 0.15) is 0 Å². The molecule has 1 fully saturated rings. The molecule has 90 valence electrons. The molecular formula is C14H29N. The molecule has 0 heterocycles. The van der Waals surface area contributed by atoms with Crippen LogP contribution < -0.4 is 5.32 Å². The minimum absolute atomic E-state index is 0.742. The van der Waals surface area contributed by atoms with Crippen LogP contribution in [0.1, 0.15) is 72.1 Å². The van der Waals surface area contributed by atoms with Gasteiger partial charge in [0, 0.05) is 12.1 Å². The lowest BCUT2D eigenvalue weighted by Crippen LogP contribution is -2.36. The summed E-state index contributed by atoms with van der Waals surface area (Å²) in [6, 6.07) is 1.52. The molecule has 1 rings (SSSR count). The molecule has 1 N–H and O–H groups in total. The molecule has 0 radical (unpaired) electrons. The maximum absolute atomic E-state index is 3.82. The summed E-state index contributed by atoms with van der Waals surface area (Å²) in [4.78, 5) is 0. The summed E-state index contributed by atoms with van der Waals surface area (Å²) >= 11 is 0. The second-order valence-corrected chi connectivity index (χ2v) is 5.37. The van der Waals surface area contributed by atoms with Gasteiger partial charge in [-0.3, -0.25) is 0 Å². The largest absolute Gasteiger partial charge is 0.311 e. The highest BCUT2D eigenvalue weighted by molar-refractivity contribution is 4.80. The Bertz CT molecular complexity index is 151. The third-order valence-corrected chi connectivity index (χ3v) is 3.45. The summed E-state index contributed by atoms with van der Waals surface area (Å²) in [7, 11) is 0. The third kappa shape index (κ3) is 6.19. The Morgan fingerprint density at radius 1 is 1.13 bits per heavy atom. The molecule has 2 unspecified atom stereocenters. The average molecular weight is 211 g/mol. The van der Waals surface area contributed by atoms with Crippen LogP contribution in [0.4, 0.5) is 0 Å². The molecule has 0 spiro atoms. The van der Waals surface area contributed by atoms with Gasteiger partial charge in [0.25, 0.3) is 0 Å². The van der Waals surface area contributed by atoms with Crippen molar-refractivity contribution in [3.8, 4) is 0 Å². The summed E-state index contributed by atoms with van der Waals surface area (Å²) in [6.07, 6.45) is 11.1. The van der Waals surface area contributed by atoms with Crippen LogP contribution in [0.15, 0.2) is 0 Å². The first-order valence-corrected chi connectivity index (χ1v) is 7.02. The Kier molecular flexibility index (Phi) is 6.31. The zero-order valence-corrected chi connectivity index (χ0v) is 10.9. The summed E-state index contributed by atoms with van der Waals surface area (Å²) in [5.74, 6) is 1.06. The SMILES string of the molecule is CCCCC(CCC)NC(C)CC1CC1. The number of hydrogen-bond acceptors (Lipinski definition) is 1. The van der Waals surface area contributed by atoms with E-state index in [-0.39, 0.29) is 0 Å². The highest BCUT2D eigenvalue weighted by atomic mass is 14.9. The maximum atomic E-state index is 3.82.